The summed E-state index contributed by atoms with van der Waals surface area (Å²) in [5, 5.41) is 3.34. The zero-order valence-corrected chi connectivity index (χ0v) is 8.66. The van der Waals surface area contributed by atoms with Crippen molar-refractivity contribution in [2.24, 2.45) is 0 Å². The number of aryl methyl sites for hydroxylation is 1. The third kappa shape index (κ3) is 1.37. The lowest BCUT2D eigenvalue weighted by Gasteiger charge is -2.17. The summed E-state index contributed by atoms with van der Waals surface area (Å²) in [5.74, 6) is 1.58. The van der Waals surface area contributed by atoms with Gasteiger partial charge in [0, 0.05) is 25.3 Å². The smallest absolute Gasteiger partial charge is 0.243 e. The summed E-state index contributed by atoms with van der Waals surface area (Å²) < 4.78 is 7.81. The van der Waals surface area contributed by atoms with Gasteiger partial charge in [0.25, 0.3) is 0 Å². The molecule has 4 nitrogen and oxygen atoms in total. The molecule has 0 saturated carbocycles. The standard InChI is InChI=1S/C11H13N3O/c1-8-6-13-11(15-8)10-3-2-9-7-12-4-5-14(9)10/h2-3,6,12H,4-5,7H2,1H3. The van der Waals surface area contributed by atoms with E-state index in [1.54, 1.807) is 6.20 Å². The van der Waals surface area contributed by atoms with Crippen LogP contribution in [-0.2, 0) is 13.1 Å². The molecular weight excluding hydrogens is 190 g/mol. The molecule has 0 fully saturated rings. The molecule has 0 aliphatic carbocycles. The molecule has 1 aliphatic heterocycles. The average molecular weight is 203 g/mol. The zero-order valence-electron chi connectivity index (χ0n) is 8.66. The number of aromatic nitrogens is 2. The minimum Gasteiger partial charge on any atom is -0.440 e. The molecule has 0 spiro atoms. The van der Waals surface area contributed by atoms with Gasteiger partial charge in [-0.3, -0.25) is 0 Å². The fourth-order valence-electron chi connectivity index (χ4n) is 2.00. The van der Waals surface area contributed by atoms with Gasteiger partial charge in [0.2, 0.25) is 5.89 Å². The van der Waals surface area contributed by atoms with E-state index in [0.29, 0.717) is 0 Å². The molecule has 0 saturated heterocycles. The summed E-state index contributed by atoms with van der Waals surface area (Å²) in [6, 6.07) is 4.20. The van der Waals surface area contributed by atoms with Gasteiger partial charge in [-0.15, -0.1) is 0 Å². The Labute approximate surface area is 87.9 Å². The largest absolute Gasteiger partial charge is 0.440 e. The number of nitrogens with one attached hydrogen (secondary N) is 1. The Morgan fingerprint density at radius 3 is 3.20 bits per heavy atom. The van der Waals surface area contributed by atoms with Crippen molar-refractivity contribution >= 4 is 0 Å². The minimum absolute atomic E-state index is 0.723. The van der Waals surface area contributed by atoms with Crippen molar-refractivity contribution in [3.63, 3.8) is 0 Å². The van der Waals surface area contributed by atoms with E-state index < -0.39 is 0 Å². The summed E-state index contributed by atoms with van der Waals surface area (Å²) in [5.41, 5.74) is 2.38. The van der Waals surface area contributed by atoms with Crippen LogP contribution < -0.4 is 5.32 Å². The van der Waals surface area contributed by atoms with Crippen LogP contribution in [0.4, 0.5) is 0 Å². The van der Waals surface area contributed by atoms with Crippen molar-refractivity contribution in [3.05, 3.63) is 29.8 Å². The van der Waals surface area contributed by atoms with Gasteiger partial charge in [0.05, 0.1) is 6.20 Å². The predicted molar refractivity (Wildman–Crippen MR) is 56.4 cm³/mol. The van der Waals surface area contributed by atoms with Gasteiger partial charge in [-0.05, 0) is 19.1 Å². The van der Waals surface area contributed by atoms with Gasteiger partial charge >= 0.3 is 0 Å². The van der Waals surface area contributed by atoms with E-state index in [0.717, 1.165) is 37.0 Å². The van der Waals surface area contributed by atoms with Crippen LogP contribution >= 0.6 is 0 Å². The Morgan fingerprint density at radius 1 is 1.47 bits per heavy atom. The van der Waals surface area contributed by atoms with E-state index in [4.69, 9.17) is 4.42 Å². The number of oxazole rings is 1. The molecule has 2 aromatic heterocycles. The molecule has 3 heterocycles. The van der Waals surface area contributed by atoms with Crippen molar-refractivity contribution in [1.82, 2.24) is 14.9 Å². The summed E-state index contributed by atoms with van der Waals surface area (Å²) in [7, 11) is 0. The first kappa shape index (κ1) is 8.73. The number of hydrogen-bond donors (Lipinski definition) is 1. The Balaban J connectivity index is 2.08. The topological polar surface area (TPSA) is 43.0 Å². The minimum atomic E-state index is 0.723. The quantitative estimate of drug-likeness (QED) is 0.764. The molecule has 4 heteroatoms. The summed E-state index contributed by atoms with van der Waals surface area (Å²) >= 11 is 0. The normalized spacial score (nSPS) is 15.3. The molecule has 0 radical (unpaired) electrons. The Kier molecular flexibility index (Phi) is 1.89. The highest BCUT2D eigenvalue weighted by atomic mass is 16.4. The molecule has 78 valence electrons. The lowest BCUT2D eigenvalue weighted by molar-refractivity contribution is 0.501. The second-order valence-electron chi connectivity index (χ2n) is 3.81. The average Bonchev–Trinajstić information content (AvgIpc) is 2.83. The fourth-order valence-corrected chi connectivity index (χ4v) is 2.00. The number of fused-ring (bicyclic) bond motifs is 1. The Hall–Kier alpha value is -1.55. The van der Waals surface area contributed by atoms with Crippen LogP contribution in [0.1, 0.15) is 11.5 Å². The van der Waals surface area contributed by atoms with Crippen LogP contribution in [-0.4, -0.2) is 16.1 Å². The molecule has 0 atom stereocenters. The zero-order chi connectivity index (χ0) is 10.3. The lowest BCUT2D eigenvalue weighted by atomic mass is 10.3. The van der Waals surface area contributed by atoms with Gasteiger partial charge in [0.1, 0.15) is 11.5 Å². The molecule has 1 aliphatic rings. The van der Waals surface area contributed by atoms with E-state index in [2.05, 4.69) is 27.0 Å². The van der Waals surface area contributed by atoms with E-state index in [1.807, 2.05) is 6.92 Å². The lowest BCUT2D eigenvalue weighted by Crippen LogP contribution is -2.27. The van der Waals surface area contributed by atoms with Crippen LogP contribution in [0.2, 0.25) is 0 Å². The van der Waals surface area contributed by atoms with Gasteiger partial charge in [-0.1, -0.05) is 0 Å². The van der Waals surface area contributed by atoms with E-state index in [-0.39, 0.29) is 0 Å². The summed E-state index contributed by atoms with van der Waals surface area (Å²) in [4.78, 5) is 4.26. The SMILES string of the molecule is Cc1cnc(-c2ccc3n2CCNC3)o1. The van der Waals surface area contributed by atoms with E-state index in [1.165, 1.54) is 5.69 Å². The first-order chi connectivity index (χ1) is 7.34. The molecule has 0 amide bonds. The van der Waals surface area contributed by atoms with Gasteiger partial charge in [0.15, 0.2) is 0 Å². The van der Waals surface area contributed by atoms with Crippen molar-refractivity contribution in [2.45, 2.75) is 20.0 Å². The number of hydrogen-bond acceptors (Lipinski definition) is 3. The van der Waals surface area contributed by atoms with Crippen LogP contribution in [0, 0.1) is 6.92 Å². The van der Waals surface area contributed by atoms with Gasteiger partial charge in [-0.2, -0.15) is 0 Å². The maximum Gasteiger partial charge on any atom is 0.243 e. The third-order valence-corrected chi connectivity index (χ3v) is 2.73. The first-order valence-electron chi connectivity index (χ1n) is 5.16. The maximum absolute atomic E-state index is 5.54. The van der Waals surface area contributed by atoms with Crippen molar-refractivity contribution in [1.29, 1.82) is 0 Å². The van der Waals surface area contributed by atoms with Crippen LogP contribution in [0.15, 0.2) is 22.7 Å². The highest BCUT2D eigenvalue weighted by Gasteiger charge is 2.15. The second-order valence-corrected chi connectivity index (χ2v) is 3.81. The van der Waals surface area contributed by atoms with Crippen LogP contribution in [0.3, 0.4) is 0 Å². The molecule has 0 bridgehead atoms. The number of rotatable bonds is 1. The third-order valence-electron chi connectivity index (χ3n) is 2.73. The van der Waals surface area contributed by atoms with Crippen LogP contribution in [0.5, 0.6) is 0 Å². The first-order valence-corrected chi connectivity index (χ1v) is 5.16. The predicted octanol–water partition coefficient (Wildman–Crippen LogP) is 1.55. The summed E-state index contributed by atoms with van der Waals surface area (Å²) in [6.07, 6.45) is 1.76. The van der Waals surface area contributed by atoms with Crippen molar-refractivity contribution in [3.8, 4) is 11.6 Å². The van der Waals surface area contributed by atoms with Crippen molar-refractivity contribution in [2.75, 3.05) is 6.54 Å². The molecule has 0 unspecified atom stereocenters. The van der Waals surface area contributed by atoms with E-state index in [9.17, 15) is 0 Å². The second kappa shape index (κ2) is 3.24. The maximum atomic E-state index is 5.54. The van der Waals surface area contributed by atoms with Crippen LogP contribution in [0.25, 0.3) is 11.6 Å². The molecule has 0 aromatic carbocycles. The molecule has 3 rings (SSSR count). The van der Waals surface area contributed by atoms with E-state index >= 15 is 0 Å². The Morgan fingerprint density at radius 2 is 2.40 bits per heavy atom. The molecule has 1 N–H and O–H groups in total. The van der Waals surface area contributed by atoms with Crippen molar-refractivity contribution < 1.29 is 4.42 Å². The fraction of sp³-hybridized carbons (Fsp3) is 0.364. The number of nitrogens with zero attached hydrogens (tertiary/aromatic N) is 2. The molecule has 15 heavy (non-hydrogen) atoms. The highest BCUT2D eigenvalue weighted by Crippen LogP contribution is 2.23. The molecule has 2 aromatic rings. The monoisotopic (exact) mass is 203 g/mol. The van der Waals surface area contributed by atoms with Gasteiger partial charge < -0.3 is 14.3 Å². The summed E-state index contributed by atoms with van der Waals surface area (Å²) in [6.45, 7) is 4.84. The molecular formula is C11H13N3O. The highest BCUT2D eigenvalue weighted by molar-refractivity contribution is 5.50. The van der Waals surface area contributed by atoms with Gasteiger partial charge in [-0.25, -0.2) is 4.98 Å². The Bertz CT molecular complexity index is 484.